The van der Waals surface area contributed by atoms with E-state index in [4.69, 9.17) is 4.74 Å². The summed E-state index contributed by atoms with van der Waals surface area (Å²) in [5, 5.41) is 0.761. The van der Waals surface area contributed by atoms with Gasteiger partial charge in [-0.15, -0.1) is 0 Å². The molecule has 2 atom stereocenters. The first-order valence-corrected chi connectivity index (χ1v) is 11.3. The number of carbonyl (C=O) groups is 2. The Bertz CT molecular complexity index is 1150. The lowest BCUT2D eigenvalue weighted by atomic mass is 9.99. The summed E-state index contributed by atoms with van der Waals surface area (Å²) >= 11 is 0. The van der Waals surface area contributed by atoms with Crippen molar-refractivity contribution in [2.24, 2.45) is 5.92 Å². The minimum atomic E-state index is -3.08. The molecular formula is C22H21NO5S. The van der Waals surface area contributed by atoms with E-state index in [2.05, 4.69) is 4.98 Å². The Morgan fingerprint density at radius 3 is 2.52 bits per heavy atom. The van der Waals surface area contributed by atoms with Gasteiger partial charge in [0.25, 0.3) is 0 Å². The fourth-order valence-corrected chi connectivity index (χ4v) is 5.63. The monoisotopic (exact) mass is 411 g/mol. The van der Waals surface area contributed by atoms with Gasteiger partial charge in [0.2, 0.25) is 5.78 Å². The molecule has 29 heavy (non-hydrogen) atoms. The molecule has 1 aliphatic rings. The molecular weight excluding hydrogens is 390 g/mol. The number of esters is 1. The number of hydrogen-bond acceptors (Lipinski definition) is 5. The van der Waals surface area contributed by atoms with Gasteiger partial charge in [0.1, 0.15) is 0 Å². The molecule has 1 N–H and O–H groups in total. The number of carbonyl (C=O) groups excluding carboxylic acids is 2. The average molecular weight is 411 g/mol. The van der Waals surface area contributed by atoms with E-state index in [1.54, 1.807) is 30.5 Å². The zero-order valence-electron chi connectivity index (χ0n) is 15.7. The molecule has 0 amide bonds. The summed E-state index contributed by atoms with van der Waals surface area (Å²) in [6.45, 7) is 0. The van der Waals surface area contributed by atoms with Crippen LogP contribution in [-0.4, -0.2) is 36.7 Å². The van der Waals surface area contributed by atoms with Gasteiger partial charge in [0.15, 0.2) is 15.9 Å². The molecule has 0 aliphatic carbocycles. The molecule has 0 unspecified atom stereocenters. The highest BCUT2D eigenvalue weighted by atomic mass is 32.2. The van der Waals surface area contributed by atoms with Crippen molar-refractivity contribution in [3.63, 3.8) is 0 Å². The third kappa shape index (κ3) is 4.24. The Hall–Kier alpha value is -2.93. The van der Waals surface area contributed by atoms with Crippen molar-refractivity contribution >= 4 is 32.5 Å². The van der Waals surface area contributed by atoms with E-state index in [1.807, 2.05) is 30.3 Å². The summed E-state index contributed by atoms with van der Waals surface area (Å²) in [4.78, 5) is 28.9. The van der Waals surface area contributed by atoms with Crippen molar-refractivity contribution in [3.8, 4) is 0 Å². The van der Waals surface area contributed by atoms with Gasteiger partial charge >= 0.3 is 5.97 Å². The number of fused-ring (bicyclic) bond motifs is 1. The van der Waals surface area contributed by atoms with Crippen molar-refractivity contribution in [1.29, 1.82) is 0 Å². The van der Waals surface area contributed by atoms with Crippen LogP contribution in [0.5, 0.6) is 0 Å². The maximum atomic E-state index is 13.3. The molecule has 0 saturated carbocycles. The minimum absolute atomic E-state index is 0.00546. The van der Waals surface area contributed by atoms with E-state index in [9.17, 15) is 18.0 Å². The summed E-state index contributed by atoms with van der Waals surface area (Å²) in [7, 11) is -3.08. The van der Waals surface area contributed by atoms with Crippen LogP contribution in [-0.2, 0) is 19.4 Å². The smallest absolute Gasteiger partial charge is 0.307 e. The lowest BCUT2D eigenvalue weighted by Gasteiger charge is -2.18. The quantitative estimate of drug-likeness (QED) is 0.495. The molecule has 2 heterocycles. The Morgan fingerprint density at radius 1 is 1.07 bits per heavy atom. The van der Waals surface area contributed by atoms with Crippen LogP contribution in [0.3, 0.4) is 0 Å². The van der Waals surface area contributed by atoms with Crippen LogP contribution in [0.4, 0.5) is 0 Å². The number of aromatic amines is 1. The second kappa shape index (κ2) is 7.83. The summed E-state index contributed by atoms with van der Waals surface area (Å²) in [5.74, 6) is -1.04. The van der Waals surface area contributed by atoms with Gasteiger partial charge in [-0.1, -0.05) is 48.5 Å². The highest BCUT2D eigenvalue weighted by Gasteiger charge is 2.32. The molecule has 6 nitrogen and oxygen atoms in total. The highest BCUT2D eigenvalue weighted by Crippen LogP contribution is 2.29. The van der Waals surface area contributed by atoms with Crippen molar-refractivity contribution in [2.75, 3.05) is 11.5 Å². The number of rotatable bonds is 6. The van der Waals surface area contributed by atoms with E-state index >= 15 is 0 Å². The third-order valence-corrected chi connectivity index (χ3v) is 7.06. The molecule has 3 aromatic rings. The molecule has 1 aliphatic heterocycles. The largest absolute Gasteiger partial charge is 0.449 e. The lowest BCUT2D eigenvalue weighted by Crippen LogP contribution is -2.22. The molecule has 0 spiro atoms. The number of para-hydroxylation sites is 1. The van der Waals surface area contributed by atoms with Gasteiger partial charge in [-0.25, -0.2) is 8.42 Å². The van der Waals surface area contributed by atoms with Gasteiger partial charge in [-0.05, 0) is 18.4 Å². The molecule has 150 valence electrons. The summed E-state index contributed by atoms with van der Waals surface area (Å²) in [6, 6.07) is 16.3. The first-order chi connectivity index (χ1) is 13.9. The maximum Gasteiger partial charge on any atom is 0.307 e. The molecule has 0 radical (unpaired) electrons. The first kappa shape index (κ1) is 19.4. The summed E-state index contributed by atoms with van der Waals surface area (Å²) in [5.41, 5.74) is 1.85. The number of nitrogens with one attached hydrogen (secondary N) is 1. The highest BCUT2D eigenvalue weighted by molar-refractivity contribution is 7.91. The normalized spacial score (nSPS) is 19.1. The van der Waals surface area contributed by atoms with E-state index < -0.39 is 21.9 Å². The van der Waals surface area contributed by atoms with E-state index in [1.165, 1.54) is 0 Å². The summed E-state index contributed by atoms with van der Waals surface area (Å²) < 4.78 is 28.9. The lowest BCUT2D eigenvalue weighted by molar-refractivity contribution is -0.148. The molecule has 2 aromatic carbocycles. The second-order valence-electron chi connectivity index (χ2n) is 7.37. The van der Waals surface area contributed by atoms with Crippen LogP contribution < -0.4 is 0 Å². The van der Waals surface area contributed by atoms with Crippen molar-refractivity contribution < 1.29 is 22.7 Å². The van der Waals surface area contributed by atoms with Crippen molar-refractivity contribution in [2.45, 2.75) is 18.9 Å². The predicted octanol–water partition coefficient (Wildman–Crippen LogP) is 3.46. The number of benzene rings is 2. The Kier molecular flexibility index (Phi) is 5.24. The number of ketones is 1. The molecule has 1 fully saturated rings. The molecule has 1 aromatic heterocycles. The Balaban J connectivity index is 1.59. The van der Waals surface area contributed by atoms with E-state index in [-0.39, 0.29) is 29.6 Å². The fraction of sp³-hybridized carbons (Fsp3) is 0.273. The molecule has 0 bridgehead atoms. The van der Waals surface area contributed by atoms with Gasteiger partial charge in [-0.2, -0.15) is 0 Å². The fourth-order valence-electron chi connectivity index (χ4n) is 3.77. The van der Waals surface area contributed by atoms with Gasteiger partial charge in [-0.3, -0.25) is 9.59 Å². The zero-order valence-corrected chi connectivity index (χ0v) is 16.5. The standard InChI is InChI=1S/C22H21NO5S/c24-20(12-15-10-11-29(26,27)14-15)28-22(16-6-2-1-3-7-16)21(25)18-13-23-19-9-5-4-8-17(18)19/h1-9,13,15,22-23H,10-12,14H2/t15-,22+/m1/s1. The topological polar surface area (TPSA) is 93.3 Å². The second-order valence-corrected chi connectivity index (χ2v) is 9.59. The number of ether oxygens (including phenoxy) is 1. The number of hydrogen-bond donors (Lipinski definition) is 1. The van der Waals surface area contributed by atoms with Crippen molar-refractivity contribution in [3.05, 3.63) is 71.9 Å². The van der Waals surface area contributed by atoms with Crippen LogP contribution in [0.1, 0.15) is 34.9 Å². The average Bonchev–Trinajstić information content (AvgIpc) is 3.29. The number of H-pyrrole nitrogens is 1. The SMILES string of the molecule is O=C(C[C@H]1CCS(=O)(=O)C1)O[C@H](C(=O)c1c[nH]c2ccccc12)c1ccccc1. The number of sulfone groups is 1. The van der Waals surface area contributed by atoms with Gasteiger partial charge in [0, 0.05) is 34.6 Å². The molecule has 4 rings (SSSR count). The van der Waals surface area contributed by atoms with Crippen LogP contribution in [0.25, 0.3) is 10.9 Å². The first-order valence-electron chi connectivity index (χ1n) is 9.48. The van der Waals surface area contributed by atoms with E-state index in [0.717, 1.165) is 10.9 Å². The summed E-state index contributed by atoms with van der Waals surface area (Å²) in [6.07, 6.45) is 0.981. The Morgan fingerprint density at radius 2 is 1.79 bits per heavy atom. The third-order valence-electron chi connectivity index (χ3n) is 5.23. The Labute approximate surface area is 168 Å². The maximum absolute atomic E-state index is 13.3. The van der Waals surface area contributed by atoms with Crippen LogP contribution >= 0.6 is 0 Å². The van der Waals surface area contributed by atoms with E-state index in [0.29, 0.717) is 17.5 Å². The van der Waals surface area contributed by atoms with Crippen LogP contribution in [0.2, 0.25) is 0 Å². The molecule has 7 heteroatoms. The zero-order chi connectivity index (χ0) is 20.4. The van der Waals surface area contributed by atoms with Crippen molar-refractivity contribution in [1.82, 2.24) is 4.98 Å². The van der Waals surface area contributed by atoms with Gasteiger partial charge < -0.3 is 9.72 Å². The minimum Gasteiger partial charge on any atom is -0.449 e. The van der Waals surface area contributed by atoms with Gasteiger partial charge in [0.05, 0.1) is 11.5 Å². The molecule has 1 saturated heterocycles. The van der Waals surface area contributed by atoms with Crippen LogP contribution in [0.15, 0.2) is 60.8 Å². The van der Waals surface area contributed by atoms with Crippen LogP contribution in [0, 0.1) is 5.92 Å². The number of Topliss-reactive ketones (excluding diaryl/α,β-unsaturated/α-hetero) is 1. The number of aromatic nitrogens is 1. The predicted molar refractivity (Wildman–Crippen MR) is 109 cm³/mol.